The fraction of sp³-hybridized carbons (Fsp3) is 0.550. The van der Waals surface area contributed by atoms with Gasteiger partial charge in [0.2, 0.25) is 0 Å². The molecule has 0 saturated carbocycles. The molecule has 0 radical (unpaired) electrons. The molecule has 1 aromatic heterocycles. The number of thiophene rings is 1. The number of carbonyl (C=O) groups is 1. The number of halogens is 5. The minimum absolute atomic E-state index is 0.0934. The minimum atomic E-state index is -4.30. The van der Waals surface area contributed by atoms with E-state index < -0.39 is 36.5 Å². The normalized spacial score (nSPS) is 20.5. The van der Waals surface area contributed by atoms with Crippen molar-refractivity contribution in [2.75, 3.05) is 18.4 Å². The number of ether oxygens (including phenoxy) is 1. The number of nitrogens with one attached hydrogen (secondary N) is 1. The Morgan fingerprint density at radius 2 is 2.03 bits per heavy atom. The van der Waals surface area contributed by atoms with Crippen LogP contribution in [0.3, 0.4) is 0 Å². The first-order valence-corrected chi connectivity index (χ1v) is 11.4. The largest absolute Gasteiger partial charge is 0.444 e. The molecule has 2 atom stereocenters. The molecule has 2 heterocycles. The first-order chi connectivity index (χ1) is 13.8. The lowest BCUT2D eigenvalue weighted by molar-refractivity contribution is -0.127. The zero-order valence-corrected chi connectivity index (χ0v) is 19.8. The molecular formula is C20H23F4IN2O2S. The predicted octanol–water partition coefficient (Wildman–Crippen LogP) is 6.37. The number of fused-ring (bicyclic) bond motifs is 1. The van der Waals surface area contributed by atoms with Crippen molar-refractivity contribution in [3.05, 3.63) is 26.6 Å². The van der Waals surface area contributed by atoms with Crippen molar-refractivity contribution in [1.82, 2.24) is 4.90 Å². The Balaban J connectivity index is 1.74. The van der Waals surface area contributed by atoms with Gasteiger partial charge in [0, 0.05) is 6.54 Å². The summed E-state index contributed by atoms with van der Waals surface area (Å²) in [5, 5.41) is 3.69. The van der Waals surface area contributed by atoms with Crippen LogP contribution in [-0.4, -0.2) is 48.1 Å². The van der Waals surface area contributed by atoms with Gasteiger partial charge in [-0.3, -0.25) is 0 Å². The lowest BCUT2D eigenvalue weighted by Gasteiger charge is -2.36. The van der Waals surface area contributed by atoms with E-state index in [9.17, 15) is 22.4 Å². The maximum absolute atomic E-state index is 14.8. The van der Waals surface area contributed by atoms with E-state index in [4.69, 9.17) is 4.74 Å². The standard InChI is InChI=1S/C20H23F4IN2O2S/c1-19(2,3)29-18(28)27-8-7-14(13(21)10-27)26-15-6-4-5-11-12(9-20(22,23)24)17(25)30-16(11)15/h4-6,13-14,26H,7-10H2,1-3H3. The Bertz CT molecular complexity index is 926. The third kappa shape index (κ3) is 5.68. The van der Waals surface area contributed by atoms with Gasteiger partial charge in [0.25, 0.3) is 0 Å². The van der Waals surface area contributed by atoms with Crippen LogP contribution in [0.1, 0.15) is 32.8 Å². The second-order valence-corrected chi connectivity index (χ2v) is 11.1. The molecule has 1 aliphatic heterocycles. The number of likely N-dealkylation sites (tertiary alicyclic amines) is 1. The molecule has 166 valence electrons. The molecule has 3 rings (SSSR count). The molecule has 1 saturated heterocycles. The van der Waals surface area contributed by atoms with Crippen molar-refractivity contribution < 1.29 is 27.1 Å². The number of nitrogens with zero attached hydrogens (tertiary/aromatic N) is 1. The van der Waals surface area contributed by atoms with E-state index in [1.165, 1.54) is 16.2 Å². The Kier molecular flexibility index (Phi) is 6.76. The Morgan fingerprint density at radius 3 is 2.63 bits per heavy atom. The van der Waals surface area contributed by atoms with E-state index in [0.717, 1.165) is 0 Å². The van der Waals surface area contributed by atoms with Gasteiger partial charge in [-0.25, -0.2) is 9.18 Å². The predicted molar refractivity (Wildman–Crippen MR) is 119 cm³/mol. The smallest absolute Gasteiger partial charge is 0.410 e. The topological polar surface area (TPSA) is 41.6 Å². The molecule has 2 aromatic rings. The summed E-state index contributed by atoms with van der Waals surface area (Å²) >= 11 is 3.19. The zero-order valence-electron chi connectivity index (χ0n) is 16.8. The first kappa shape index (κ1) is 23.4. The molecule has 1 aliphatic rings. The van der Waals surface area contributed by atoms with Crippen molar-refractivity contribution in [3.8, 4) is 0 Å². The van der Waals surface area contributed by atoms with Gasteiger partial charge in [-0.2, -0.15) is 13.2 Å². The Morgan fingerprint density at radius 1 is 1.33 bits per heavy atom. The third-order valence-corrected chi connectivity index (χ3v) is 7.06. The number of hydrogen-bond acceptors (Lipinski definition) is 4. The van der Waals surface area contributed by atoms with Crippen LogP contribution in [0, 0.1) is 2.88 Å². The van der Waals surface area contributed by atoms with Crippen LogP contribution in [-0.2, 0) is 11.2 Å². The number of piperidine rings is 1. The summed E-state index contributed by atoms with van der Waals surface area (Å²) in [6, 6.07) is 4.55. The number of rotatable bonds is 3. The van der Waals surface area contributed by atoms with Gasteiger partial charge in [-0.05, 0) is 66.8 Å². The van der Waals surface area contributed by atoms with E-state index in [-0.39, 0.29) is 12.1 Å². The molecule has 4 nitrogen and oxygen atoms in total. The third-order valence-electron chi connectivity index (χ3n) is 4.68. The average molecular weight is 558 g/mol. The van der Waals surface area contributed by atoms with Gasteiger partial charge in [0.1, 0.15) is 11.8 Å². The Hall–Kier alpha value is -1.30. The van der Waals surface area contributed by atoms with Crippen molar-refractivity contribution >= 4 is 55.8 Å². The molecule has 1 aromatic carbocycles. The summed E-state index contributed by atoms with van der Waals surface area (Å²) in [7, 11) is 0. The van der Waals surface area contributed by atoms with Gasteiger partial charge in [0.05, 0.1) is 32.3 Å². The summed E-state index contributed by atoms with van der Waals surface area (Å²) < 4.78 is 60.2. The highest BCUT2D eigenvalue weighted by atomic mass is 127. The molecule has 1 fully saturated rings. The summed E-state index contributed by atoms with van der Waals surface area (Å²) in [5.74, 6) is 0. The van der Waals surface area contributed by atoms with E-state index >= 15 is 0 Å². The lowest BCUT2D eigenvalue weighted by Crippen LogP contribution is -2.51. The molecule has 30 heavy (non-hydrogen) atoms. The summed E-state index contributed by atoms with van der Waals surface area (Å²) in [6.07, 6.45) is -6.79. The minimum Gasteiger partial charge on any atom is -0.444 e. The molecule has 1 amide bonds. The van der Waals surface area contributed by atoms with E-state index in [0.29, 0.717) is 31.6 Å². The van der Waals surface area contributed by atoms with Gasteiger partial charge >= 0.3 is 12.3 Å². The average Bonchev–Trinajstić information content (AvgIpc) is 2.90. The fourth-order valence-corrected chi connectivity index (χ4v) is 5.54. The molecule has 0 aliphatic carbocycles. The van der Waals surface area contributed by atoms with E-state index in [1.54, 1.807) is 39.0 Å². The molecule has 1 N–H and O–H groups in total. The van der Waals surface area contributed by atoms with Gasteiger partial charge in [0.15, 0.2) is 0 Å². The highest BCUT2D eigenvalue weighted by molar-refractivity contribution is 14.1. The summed E-state index contributed by atoms with van der Waals surface area (Å²) in [4.78, 5) is 13.5. The monoisotopic (exact) mass is 558 g/mol. The number of hydrogen-bond donors (Lipinski definition) is 1. The van der Waals surface area contributed by atoms with Crippen LogP contribution in [0.5, 0.6) is 0 Å². The number of carbonyl (C=O) groups excluding carboxylic acids is 1. The maximum atomic E-state index is 14.8. The SMILES string of the molecule is CC(C)(C)OC(=O)N1CCC(Nc2cccc3c(CC(F)(F)F)c(I)sc23)C(F)C1. The second-order valence-electron chi connectivity index (χ2n) is 8.31. The van der Waals surface area contributed by atoms with Gasteiger partial charge in [-0.15, -0.1) is 11.3 Å². The molecule has 2 unspecified atom stereocenters. The maximum Gasteiger partial charge on any atom is 0.410 e. The van der Waals surface area contributed by atoms with Crippen LogP contribution in [0.25, 0.3) is 10.1 Å². The van der Waals surface area contributed by atoms with Crippen molar-refractivity contribution in [1.29, 1.82) is 0 Å². The molecule has 10 heteroatoms. The van der Waals surface area contributed by atoms with Crippen LogP contribution in [0.2, 0.25) is 0 Å². The lowest BCUT2D eigenvalue weighted by atomic mass is 10.0. The van der Waals surface area contributed by atoms with Crippen LogP contribution in [0.4, 0.5) is 28.0 Å². The highest BCUT2D eigenvalue weighted by Crippen LogP contribution is 2.40. The zero-order chi connectivity index (χ0) is 22.3. The van der Waals surface area contributed by atoms with Crippen LogP contribution >= 0.6 is 33.9 Å². The molecule has 0 bridgehead atoms. The second kappa shape index (κ2) is 8.68. The van der Waals surface area contributed by atoms with Gasteiger partial charge < -0.3 is 15.0 Å². The van der Waals surface area contributed by atoms with Crippen LogP contribution in [0.15, 0.2) is 18.2 Å². The van der Waals surface area contributed by atoms with Crippen molar-refractivity contribution in [2.45, 2.75) is 57.6 Å². The fourth-order valence-electron chi connectivity index (χ4n) is 3.38. The number of amides is 1. The quantitative estimate of drug-likeness (QED) is 0.352. The van der Waals surface area contributed by atoms with Crippen molar-refractivity contribution in [2.24, 2.45) is 0 Å². The highest BCUT2D eigenvalue weighted by Gasteiger charge is 2.34. The van der Waals surface area contributed by atoms with Crippen molar-refractivity contribution in [3.63, 3.8) is 0 Å². The van der Waals surface area contributed by atoms with E-state index in [1.807, 2.05) is 22.6 Å². The summed E-state index contributed by atoms with van der Waals surface area (Å²) in [6.45, 7) is 5.50. The number of alkyl halides is 4. The molecular weight excluding hydrogens is 535 g/mol. The Labute approximate surface area is 190 Å². The summed E-state index contributed by atoms with van der Waals surface area (Å²) in [5.41, 5.74) is 0.212. The molecule has 0 spiro atoms. The number of benzene rings is 1. The van der Waals surface area contributed by atoms with Crippen LogP contribution < -0.4 is 5.32 Å². The number of anilines is 1. The first-order valence-electron chi connectivity index (χ1n) is 9.49. The van der Waals surface area contributed by atoms with Gasteiger partial charge in [-0.1, -0.05) is 12.1 Å². The van der Waals surface area contributed by atoms with E-state index in [2.05, 4.69) is 5.32 Å².